The van der Waals surface area contributed by atoms with E-state index in [1.165, 1.54) is 0 Å². The minimum absolute atomic E-state index is 0.455. The molecule has 1 aromatic heterocycles. The average Bonchev–Trinajstić information content (AvgIpc) is 2.89. The molecule has 2 aromatic rings. The summed E-state index contributed by atoms with van der Waals surface area (Å²) >= 11 is 5.15. The third kappa shape index (κ3) is 3.17. The minimum atomic E-state index is 0.455. The molecule has 0 aliphatic rings. The van der Waals surface area contributed by atoms with Gasteiger partial charge in [-0.3, -0.25) is 4.68 Å². The summed E-state index contributed by atoms with van der Waals surface area (Å²) in [6.45, 7) is 4.95. The van der Waals surface area contributed by atoms with Gasteiger partial charge in [-0.15, -0.1) is 0 Å². The van der Waals surface area contributed by atoms with Gasteiger partial charge < -0.3 is 9.64 Å². The van der Waals surface area contributed by atoms with Gasteiger partial charge in [0.2, 0.25) is 0 Å². The van der Waals surface area contributed by atoms with Crippen molar-refractivity contribution in [3.8, 4) is 17.0 Å². The van der Waals surface area contributed by atoms with Crippen molar-refractivity contribution in [2.45, 2.75) is 20.4 Å². The van der Waals surface area contributed by atoms with E-state index in [9.17, 15) is 0 Å². The molecule has 0 N–H and O–H groups in total. The topological polar surface area (TPSA) is 30.3 Å². The zero-order valence-electron chi connectivity index (χ0n) is 12.3. The number of aromatic nitrogens is 2. The molecule has 20 heavy (non-hydrogen) atoms. The van der Waals surface area contributed by atoms with Gasteiger partial charge in [-0.2, -0.15) is 5.10 Å². The maximum absolute atomic E-state index is 5.66. The molecule has 0 radical (unpaired) electrons. The zero-order chi connectivity index (χ0) is 14.7. The van der Waals surface area contributed by atoms with Crippen LogP contribution in [-0.4, -0.2) is 34.0 Å². The van der Waals surface area contributed by atoms with Crippen molar-refractivity contribution in [3.63, 3.8) is 0 Å². The van der Waals surface area contributed by atoms with Crippen LogP contribution in [0.25, 0.3) is 11.3 Å². The predicted molar refractivity (Wildman–Crippen MR) is 85.0 cm³/mol. The first-order chi connectivity index (χ1) is 9.51. The van der Waals surface area contributed by atoms with Gasteiger partial charge in [0, 0.05) is 32.4 Å². The van der Waals surface area contributed by atoms with Gasteiger partial charge in [-0.25, -0.2) is 0 Å². The first kappa shape index (κ1) is 14.5. The summed E-state index contributed by atoms with van der Waals surface area (Å²) in [5.41, 5.74) is 3.09. The Hall–Kier alpha value is -1.88. The van der Waals surface area contributed by atoms with Crippen LogP contribution < -0.4 is 4.74 Å². The number of ether oxygens (including phenoxy) is 1. The molecular weight excluding hydrogens is 270 g/mol. The quantitative estimate of drug-likeness (QED) is 0.812. The molecule has 0 unspecified atom stereocenters. The lowest BCUT2D eigenvalue weighted by Gasteiger charge is -2.15. The van der Waals surface area contributed by atoms with Crippen LogP contribution in [0.15, 0.2) is 30.5 Å². The first-order valence-corrected chi connectivity index (χ1v) is 6.95. The van der Waals surface area contributed by atoms with Crippen LogP contribution in [-0.2, 0) is 6.54 Å². The molecule has 1 aromatic carbocycles. The largest absolute Gasteiger partial charge is 0.432 e. The van der Waals surface area contributed by atoms with Crippen LogP contribution in [0.4, 0.5) is 0 Å². The van der Waals surface area contributed by atoms with E-state index in [2.05, 4.69) is 18.1 Å². The smallest absolute Gasteiger partial charge is 0.264 e. The summed E-state index contributed by atoms with van der Waals surface area (Å²) in [6, 6.07) is 8.02. The Morgan fingerprint density at radius 3 is 2.65 bits per heavy atom. The second kappa shape index (κ2) is 6.05. The third-order valence-electron chi connectivity index (χ3n) is 3.00. The Morgan fingerprint density at radius 2 is 2.10 bits per heavy atom. The summed E-state index contributed by atoms with van der Waals surface area (Å²) in [6.07, 6.45) is 1.98. The number of benzene rings is 1. The van der Waals surface area contributed by atoms with Crippen LogP contribution in [0.1, 0.15) is 12.5 Å². The van der Waals surface area contributed by atoms with E-state index in [4.69, 9.17) is 17.0 Å². The van der Waals surface area contributed by atoms with Crippen molar-refractivity contribution in [3.05, 3.63) is 36.0 Å². The van der Waals surface area contributed by atoms with Crippen LogP contribution >= 0.6 is 12.2 Å². The maximum atomic E-state index is 5.66. The van der Waals surface area contributed by atoms with Gasteiger partial charge in [0.1, 0.15) is 5.75 Å². The molecule has 0 saturated heterocycles. The van der Waals surface area contributed by atoms with Crippen LogP contribution in [0, 0.1) is 6.92 Å². The molecule has 106 valence electrons. The fraction of sp³-hybridized carbons (Fsp3) is 0.333. The molecule has 0 fully saturated rings. The normalized spacial score (nSPS) is 10.4. The maximum Gasteiger partial charge on any atom is 0.264 e. The standard InChI is InChI=1S/C15H19N3OS/c1-5-18-9-8-13(16-18)12-6-7-14(11(2)10-12)19-15(20)17(3)4/h6-10H,5H2,1-4H3. The second-order valence-electron chi connectivity index (χ2n) is 4.80. The summed E-state index contributed by atoms with van der Waals surface area (Å²) in [5, 5.41) is 4.96. The Labute approximate surface area is 125 Å². The fourth-order valence-electron chi connectivity index (χ4n) is 1.80. The first-order valence-electron chi connectivity index (χ1n) is 6.55. The predicted octanol–water partition coefficient (Wildman–Crippen LogP) is 3.10. The third-order valence-corrected chi connectivity index (χ3v) is 3.45. The minimum Gasteiger partial charge on any atom is -0.432 e. The van der Waals surface area contributed by atoms with Crippen molar-refractivity contribution in [1.29, 1.82) is 0 Å². The lowest BCUT2D eigenvalue weighted by Crippen LogP contribution is -2.25. The van der Waals surface area contributed by atoms with Gasteiger partial charge in [0.15, 0.2) is 0 Å². The molecule has 0 bridgehead atoms. The van der Waals surface area contributed by atoms with E-state index in [1.54, 1.807) is 4.90 Å². The molecule has 5 heteroatoms. The van der Waals surface area contributed by atoms with Crippen LogP contribution in [0.3, 0.4) is 0 Å². The van der Waals surface area contributed by atoms with Gasteiger partial charge >= 0.3 is 0 Å². The van der Waals surface area contributed by atoms with Crippen LogP contribution in [0.2, 0.25) is 0 Å². The number of hydrogen-bond acceptors (Lipinski definition) is 3. The molecule has 1 heterocycles. The van der Waals surface area contributed by atoms with Crippen molar-refractivity contribution >= 4 is 17.4 Å². The number of rotatable bonds is 3. The Kier molecular flexibility index (Phi) is 4.39. The van der Waals surface area contributed by atoms with Crippen molar-refractivity contribution in [2.24, 2.45) is 0 Å². The lowest BCUT2D eigenvalue weighted by molar-refractivity contribution is 0.447. The van der Waals surface area contributed by atoms with Gasteiger partial charge in [-0.1, -0.05) is 0 Å². The Bertz CT molecular complexity index is 619. The molecule has 0 saturated carbocycles. The monoisotopic (exact) mass is 289 g/mol. The molecule has 0 aliphatic carbocycles. The van der Waals surface area contributed by atoms with Gasteiger partial charge in [0.05, 0.1) is 5.69 Å². The number of aryl methyl sites for hydroxylation is 2. The highest BCUT2D eigenvalue weighted by Crippen LogP contribution is 2.25. The number of hydrogen-bond donors (Lipinski definition) is 0. The van der Waals surface area contributed by atoms with Gasteiger partial charge in [-0.05, 0) is 55.9 Å². The highest BCUT2D eigenvalue weighted by Gasteiger charge is 2.08. The summed E-state index contributed by atoms with van der Waals surface area (Å²) in [7, 11) is 3.73. The van der Waals surface area contributed by atoms with E-state index in [1.807, 2.05) is 50.1 Å². The highest BCUT2D eigenvalue weighted by atomic mass is 32.1. The average molecular weight is 289 g/mol. The second-order valence-corrected chi connectivity index (χ2v) is 5.15. The molecule has 0 atom stereocenters. The highest BCUT2D eigenvalue weighted by molar-refractivity contribution is 7.80. The summed E-state index contributed by atoms with van der Waals surface area (Å²) in [5.74, 6) is 0.780. The van der Waals surface area contributed by atoms with Gasteiger partial charge in [0.25, 0.3) is 5.17 Å². The zero-order valence-corrected chi connectivity index (χ0v) is 13.1. The van der Waals surface area contributed by atoms with E-state index in [0.717, 1.165) is 29.1 Å². The molecule has 4 nitrogen and oxygen atoms in total. The van der Waals surface area contributed by atoms with E-state index >= 15 is 0 Å². The molecule has 0 amide bonds. The van der Waals surface area contributed by atoms with Crippen molar-refractivity contribution in [2.75, 3.05) is 14.1 Å². The molecular formula is C15H19N3OS. The van der Waals surface area contributed by atoms with E-state index in [-0.39, 0.29) is 0 Å². The number of thiocarbonyl (C=S) groups is 1. The molecule has 0 spiro atoms. The van der Waals surface area contributed by atoms with E-state index < -0.39 is 0 Å². The van der Waals surface area contributed by atoms with E-state index in [0.29, 0.717) is 5.17 Å². The van der Waals surface area contributed by atoms with Crippen molar-refractivity contribution in [1.82, 2.24) is 14.7 Å². The lowest BCUT2D eigenvalue weighted by atomic mass is 10.1. The molecule has 0 aliphatic heterocycles. The Morgan fingerprint density at radius 1 is 1.35 bits per heavy atom. The van der Waals surface area contributed by atoms with Crippen LogP contribution in [0.5, 0.6) is 5.75 Å². The Balaban J connectivity index is 2.23. The van der Waals surface area contributed by atoms with Crippen molar-refractivity contribution < 1.29 is 4.74 Å². The number of nitrogens with zero attached hydrogens (tertiary/aromatic N) is 3. The summed E-state index contributed by atoms with van der Waals surface area (Å²) < 4.78 is 7.57. The summed E-state index contributed by atoms with van der Waals surface area (Å²) in [4.78, 5) is 1.77. The molecule has 2 rings (SSSR count). The fourth-order valence-corrected chi connectivity index (χ4v) is 1.89. The SMILES string of the molecule is CCn1ccc(-c2ccc(OC(=S)N(C)C)c(C)c2)n1.